The van der Waals surface area contributed by atoms with Gasteiger partial charge in [-0.2, -0.15) is 5.26 Å². The number of nitriles is 1. The monoisotopic (exact) mass is 249 g/mol. The Morgan fingerprint density at radius 3 is 2.61 bits per heavy atom. The molecule has 2 unspecified atom stereocenters. The Kier molecular flexibility index (Phi) is 5.46. The molecule has 0 radical (unpaired) electrons. The molecule has 0 saturated carbocycles. The van der Waals surface area contributed by atoms with Crippen LogP contribution in [0.15, 0.2) is 24.3 Å². The summed E-state index contributed by atoms with van der Waals surface area (Å²) in [5.41, 5.74) is 0.502. The van der Waals surface area contributed by atoms with Crippen LogP contribution in [0.4, 0.5) is 0 Å². The summed E-state index contributed by atoms with van der Waals surface area (Å²) in [6, 6.07) is 8.04. The van der Waals surface area contributed by atoms with E-state index in [1.165, 1.54) is 12.1 Å². The lowest BCUT2D eigenvalue weighted by Gasteiger charge is -2.19. The third-order valence-corrected chi connectivity index (χ3v) is 2.61. The maximum Gasteiger partial charge on any atom is 0.177 e. The Hall–Kier alpha value is -1.74. The van der Waals surface area contributed by atoms with Crippen LogP contribution in [0.1, 0.15) is 34.9 Å². The van der Waals surface area contributed by atoms with Crippen molar-refractivity contribution < 1.29 is 20.1 Å². The van der Waals surface area contributed by atoms with Crippen molar-refractivity contribution in [1.82, 2.24) is 0 Å². The van der Waals surface area contributed by atoms with Crippen molar-refractivity contribution in [2.45, 2.75) is 25.0 Å². The van der Waals surface area contributed by atoms with Gasteiger partial charge in [0.05, 0.1) is 18.6 Å². The summed E-state index contributed by atoms with van der Waals surface area (Å²) in [7, 11) is 0. The smallest absolute Gasteiger partial charge is 0.177 e. The molecule has 0 heterocycles. The number of aliphatic hydroxyl groups excluding tert-OH is 3. The molecule has 0 fully saturated rings. The predicted octanol–water partition coefficient (Wildman–Crippen LogP) is 0.560. The minimum Gasteiger partial charge on any atom is -0.396 e. The molecule has 18 heavy (non-hydrogen) atoms. The first kappa shape index (κ1) is 14.3. The van der Waals surface area contributed by atoms with Gasteiger partial charge in [0.1, 0.15) is 6.10 Å². The van der Waals surface area contributed by atoms with E-state index in [-0.39, 0.29) is 30.6 Å². The molecule has 0 spiro atoms. The lowest BCUT2D eigenvalue weighted by molar-refractivity contribution is 0.00385. The number of hydrogen-bond acceptors (Lipinski definition) is 5. The number of nitrogens with zero attached hydrogens (tertiary/aromatic N) is 1. The molecule has 0 aromatic heterocycles. The fourth-order valence-corrected chi connectivity index (χ4v) is 1.67. The minimum absolute atomic E-state index is 0.0158. The zero-order chi connectivity index (χ0) is 13.5. The number of hydrogen-bond donors (Lipinski definition) is 3. The quantitative estimate of drug-likeness (QED) is 0.639. The highest BCUT2D eigenvalue weighted by atomic mass is 16.3. The second kappa shape index (κ2) is 6.87. The third kappa shape index (κ3) is 3.37. The first-order valence-corrected chi connectivity index (χ1v) is 5.58. The Balaban J connectivity index is 3.02. The summed E-state index contributed by atoms with van der Waals surface area (Å²) in [5.74, 6) is -0.400. The highest BCUT2D eigenvalue weighted by Crippen LogP contribution is 2.23. The molecule has 0 aliphatic rings. The molecule has 1 aromatic carbocycles. The van der Waals surface area contributed by atoms with Crippen LogP contribution in [0.2, 0.25) is 0 Å². The van der Waals surface area contributed by atoms with Gasteiger partial charge in [-0.1, -0.05) is 24.3 Å². The van der Waals surface area contributed by atoms with Crippen LogP contribution < -0.4 is 0 Å². The Bertz CT molecular complexity index is 453. The van der Waals surface area contributed by atoms with Crippen molar-refractivity contribution in [3.05, 3.63) is 35.4 Å². The van der Waals surface area contributed by atoms with Crippen LogP contribution in [-0.2, 0) is 0 Å². The lowest BCUT2D eigenvalue weighted by atomic mass is 9.94. The van der Waals surface area contributed by atoms with Crippen molar-refractivity contribution in [3.8, 4) is 6.07 Å². The topological polar surface area (TPSA) is 102 Å². The van der Waals surface area contributed by atoms with Crippen molar-refractivity contribution in [3.63, 3.8) is 0 Å². The van der Waals surface area contributed by atoms with Crippen molar-refractivity contribution in [2.75, 3.05) is 6.61 Å². The number of benzene rings is 1. The SMILES string of the molecule is N#CCC(=O)c1ccccc1C(O)C(O)CCO. The number of ketones is 1. The summed E-state index contributed by atoms with van der Waals surface area (Å²) in [4.78, 5) is 11.7. The van der Waals surface area contributed by atoms with Crippen LogP contribution in [0.25, 0.3) is 0 Å². The molecular weight excluding hydrogens is 234 g/mol. The van der Waals surface area contributed by atoms with E-state index >= 15 is 0 Å². The Morgan fingerprint density at radius 2 is 2.00 bits per heavy atom. The van der Waals surface area contributed by atoms with Gasteiger partial charge in [-0.25, -0.2) is 0 Å². The molecule has 0 aliphatic carbocycles. The molecule has 1 rings (SSSR count). The van der Waals surface area contributed by atoms with Crippen LogP contribution in [0.3, 0.4) is 0 Å². The maximum atomic E-state index is 11.7. The zero-order valence-corrected chi connectivity index (χ0v) is 9.78. The van der Waals surface area contributed by atoms with E-state index in [1.54, 1.807) is 18.2 Å². The number of carbonyl (C=O) groups is 1. The Morgan fingerprint density at radius 1 is 1.33 bits per heavy atom. The van der Waals surface area contributed by atoms with Gasteiger partial charge in [0.2, 0.25) is 0 Å². The third-order valence-electron chi connectivity index (χ3n) is 2.61. The molecule has 3 N–H and O–H groups in total. The molecule has 96 valence electrons. The van der Waals surface area contributed by atoms with E-state index < -0.39 is 18.0 Å². The molecule has 2 atom stereocenters. The molecule has 0 amide bonds. The highest BCUT2D eigenvalue weighted by molar-refractivity contribution is 5.98. The average Bonchev–Trinajstić information content (AvgIpc) is 2.38. The first-order chi connectivity index (χ1) is 8.61. The molecule has 5 nitrogen and oxygen atoms in total. The summed E-state index contributed by atoms with van der Waals surface area (Å²) < 4.78 is 0. The van der Waals surface area contributed by atoms with Crippen molar-refractivity contribution in [1.29, 1.82) is 5.26 Å². The van der Waals surface area contributed by atoms with Crippen LogP contribution in [0.5, 0.6) is 0 Å². The van der Waals surface area contributed by atoms with Crippen LogP contribution >= 0.6 is 0 Å². The number of Topliss-reactive ketones (excluding diaryl/α,β-unsaturated/α-hetero) is 1. The molecule has 1 aromatic rings. The minimum atomic E-state index is -1.25. The molecular formula is C13H15NO4. The predicted molar refractivity (Wildman–Crippen MR) is 63.7 cm³/mol. The number of carbonyl (C=O) groups excluding carboxylic acids is 1. The maximum absolute atomic E-state index is 11.7. The van der Waals surface area contributed by atoms with E-state index in [4.69, 9.17) is 10.4 Å². The molecule has 0 bridgehead atoms. The standard InChI is InChI=1S/C13H15NO4/c14-7-5-11(16)9-3-1-2-4-10(9)13(18)12(17)6-8-15/h1-4,12-13,15,17-18H,5-6,8H2. The van der Waals surface area contributed by atoms with Crippen LogP contribution in [-0.4, -0.2) is 33.8 Å². The van der Waals surface area contributed by atoms with E-state index in [1.807, 2.05) is 0 Å². The van der Waals surface area contributed by atoms with Crippen LogP contribution in [0, 0.1) is 11.3 Å². The van der Waals surface area contributed by atoms with Gasteiger partial charge in [-0.05, 0) is 12.0 Å². The van der Waals surface area contributed by atoms with Crippen molar-refractivity contribution in [2.24, 2.45) is 0 Å². The van der Waals surface area contributed by atoms with Gasteiger partial charge in [-0.3, -0.25) is 4.79 Å². The largest absolute Gasteiger partial charge is 0.396 e. The van der Waals surface area contributed by atoms with E-state index in [9.17, 15) is 15.0 Å². The van der Waals surface area contributed by atoms with Gasteiger partial charge >= 0.3 is 0 Å². The van der Waals surface area contributed by atoms with Gasteiger partial charge in [0.15, 0.2) is 5.78 Å². The summed E-state index contributed by atoms with van der Waals surface area (Å²) in [6.07, 6.45) is -2.66. The van der Waals surface area contributed by atoms with Gasteiger partial charge in [0.25, 0.3) is 0 Å². The van der Waals surface area contributed by atoms with Gasteiger partial charge in [-0.15, -0.1) is 0 Å². The lowest BCUT2D eigenvalue weighted by Crippen LogP contribution is -2.21. The van der Waals surface area contributed by atoms with Gasteiger partial charge < -0.3 is 15.3 Å². The molecule has 0 aliphatic heterocycles. The molecule has 0 saturated heterocycles. The second-order valence-electron chi connectivity index (χ2n) is 3.87. The Labute approximate surface area is 105 Å². The van der Waals surface area contributed by atoms with Gasteiger partial charge in [0, 0.05) is 12.2 Å². The van der Waals surface area contributed by atoms with E-state index in [0.717, 1.165) is 0 Å². The summed E-state index contributed by atoms with van der Waals surface area (Å²) >= 11 is 0. The van der Waals surface area contributed by atoms with E-state index in [2.05, 4.69) is 0 Å². The summed E-state index contributed by atoms with van der Waals surface area (Å²) in [5, 5.41) is 36.8. The highest BCUT2D eigenvalue weighted by Gasteiger charge is 2.22. The molecule has 5 heteroatoms. The second-order valence-corrected chi connectivity index (χ2v) is 3.87. The number of aliphatic hydroxyl groups is 3. The fraction of sp³-hybridized carbons (Fsp3) is 0.385. The summed E-state index contributed by atoms with van der Waals surface area (Å²) in [6.45, 7) is -0.257. The average molecular weight is 249 g/mol. The zero-order valence-electron chi connectivity index (χ0n) is 9.78. The fourth-order valence-electron chi connectivity index (χ4n) is 1.67. The first-order valence-electron chi connectivity index (χ1n) is 5.58. The normalized spacial score (nSPS) is 13.7. The number of rotatable bonds is 6. The van der Waals surface area contributed by atoms with Crippen molar-refractivity contribution >= 4 is 5.78 Å². The van der Waals surface area contributed by atoms with E-state index in [0.29, 0.717) is 0 Å².